The lowest BCUT2D eigenvalue weighted by molar-refractivity contribution is -0.138. The van der Waals surface area contributed by atoms with Crippen LogP contribution in [0.4, 0.5) is 13.2 Å². The minimum Gasteiger partial charge on any atom is -0.462 e. The van der Waals surface area contributed by atoms with Crippen molar-refractivity contribution in [1.29, 1.82) is 5.26 Å². The molecule has 0 N–H and O–H groups in total. The fourth-order valence-corrected chi connectivity index (χ4v) is 1.98. The van der Waals surface area contributed by atoms with Gasteiger partial charge in [-0.1, -0.05) is 0 Å². The predicted molar refractivity (Wildman–Crippen MR) is 64.8 cm³/mol. The van der Waals surface area contributed by atoms with Gasteiger partial charge in [-0.05, 0) is 41.6 Å². The third kappa shape index (κ3) is 3.13. The first-order valence-corrected chi connectivity index (χ1v) is 5.87. The number of alkyl halides is 3. The van der Waals surface area contributed by atoms with E-state index in [9.17, 15) is 18.0 Å². The van der Waals surface area contributed by atoms with Gasteiger partial charge in [0.1, 0.15) is 6.07 Å². The second-order valence-corrected chi connectivity index (χ2v) is 4.29. The zero-order chi connectivity index (χ0) is 13.9. The van der Waals surface area contributed by atoms with Gasteiger partial charge in [0.2, 0.25) is 0 Å². The lowest BCUT2D eigenvalue weighted by Crippen LogP contribution is -2.13. The summed E-state index contributed by atoms with van der Waals surface area (Å²) in [5.41, 5.74) is -1.49. The Kier molecular flexibility index (Phi) is 4.56. The summed E-state index contributed by atoms with van der Waals surface area (Å²) < 4.78 is 42.6. The molecule has 0 radical (unpaired) electrons. The Balaban J connectivity index is 3.41. The molecule has 0 aliphatic carbocycles. The quantitative estimate of drug-likeness (QED) is 0.594. The molecule has 0 spiro atoms. The van der Waals surface area contributed by atoms with Crippen LogP contribution in [0, 0.1) is 14.9 Å². The lowest BCUT2D eigenvalue weighted by atomic mass is 10.1. The number of hydrogen-bond donors (Lipinski definition) is 0. The first kappa shape index (κ1) is 14.8. The van der Waals surface area contributed by atoms with Gasteiger partial charge in [-0.25, -0.2) is 4.79 Å². The second kappa shape index (κ2) is 5.56. The van der Waals surface area contributed by atoms with E-state index < -0.39 is 17.7 Å². The monoisotopic (exact) mass is 369 g/mol. The largest absolute Gasteiger partial charge is 0.462 e. The van der Waals surface area contributed by atoms with E-state index in [1.165, 1.54) is 22.6 Å². The van der Waals surface area contributed by atoms with E-state index in [0.29, 0.717) is 6.07 Å². The van der Waals surface area contributed by atoms with Gasteiger partial charge in [-0.15, -0.1) is 0 Å². The Morgan fingerprint density at radius 1 is 1.50 bits per heavy atom. The molecule has 1 aromatic rings. The molecule has 18 heavy (non-hydrogen) atoms. The van der Waals surface area contributed by atoms with Gasteiger partial charge >= 0.3 is 12.1 Å². The van der Waals surface area contributed by atoms with Crippen LogP contribution in [0.1, 0.15) is 28.4 Å². The highest BCUT2D eigenvalue weighted by Gasteiger charge is 2.35. The highest BCUT2D eigenvalue weighted by molar-refractivity contribution is 14.1. The molecule has 7 heteroatoms. The van der Waals surface area contributed by atoms with Crippen molar-refractivity contribution in [2.75, 3.05) is 6.61 Å². The standard InChI is InChI=1S/C11H7F3INO2/c1-2-18-10(17)6-3-7(5-16)9(15)8(4-6)11(12,13)14/h3-4H,2H2,1H3. The summed E-state index contributed by atoms with van der Waals surface area (Å²) in [6, 6.07) is 3.42. The minimum atomic E-state index is -4.62. The van der Waals surface area contributed by atoms with Crippen molar-refractivity contribution in [3.63, 3.8) is 0 Å². The molecule has 0 heterocycles. The van der Waals surface area contributed by atoms with Crippen LogP contribution >= 0.6 is 22.6 Å². The summed E-state index contributed by atoms with van der Waals surface area (Å²) >= 11 is 1.43. The number of nitriles is 1. The van der Waals surface area contributed by atoms with Crippen LogP contribution in [-0.4, -0.2) is 12.6 Å². The molecule has 0 atom stereocenters. The van der Waals surface area contributed by atoms with E-state index in [0.717, 1.165) is 6.07 Å². The molecule has 1 rings (SSSR count). The Morgan fingerprint density at radius 2 is 2.11 bits per heavy atom. The fraction of sp³-hybridized carbons (Fsp3) is 0.273. The van der Waals surface area contributed by atoms with Crippen molar-refractivity contribution >= 4 is 28.6 Å². The maximum Gasteiger partial charge on any atom is 0.417 e. The van der Waals surface area contributed by atoms with Gasteiger partial charge in [-0.2, -0.15) is 18.4 Å². The van der Waals surface area contributed by atoms with Crippen LogP contribution < -0.4 is 0 Å². The number of ether oxygens (including phenoxy) is 1. The topological polar surface area (TPSA) is 50.1 Å². The number of carbonyl (C=O) groups excluding carboxylic acids is 1. The highest BCUT2D eigenvalue weighted by atomic mass is 127. The normalized spacial score (nSPS) is 10.9. The number of esters is 1. The molecular formula is C11H7F3INO2. The van der Waals surface area contributed by atoms with E-state index in [2.05, 4.69) is 4.74 Å². The van der Waals surface area contributed by atoms with Crippen molar-refractivity contribution < 1.29 is 22.7 Å². The Bertz CT molecular complexity index is 520. The van der Waals surface area contributed by atoms with E-state index in [1.807, 2.05) is 0 Å². The maximum atomic E-state index is 12.7. The van der Waals surface area contributed by atoms with Gasteiger partial charge in [0, 0.05) is 3.57 Å². The first-order valence-electron chi connectivity index (χ1n) is 4.79. The third-order valence-corrected chi connectivity index (χ3v) is 3.17. The average Bonchev–Trinajstić information content (AvgIpc) is 2.28. The van der Waals surface area contributed by atoms with Crippen LogP contribution in [0.2, 0.25) is 0 Å². The number of halogens is 4. The molecule has 0 aliphatic rings. The first-order chi connectivity index (χ1) is 8.31. The zero-order valence-corrected chi connectivity index (χ0v) is 11.3. The molecule has 3 nitrogen and oxygen atoms in total. The molecule has 0 saturated carbocycles. The number of nitrogens with zero attached hydrogens (tertiary/aromatic N) is 1. The molecule has 0 fully saturated rings. The number of rotatable bonds is 2. The number of benzene rings is 1. The van der Waals surface area contributed by atoms with Gasteiger partial charge in [-0.3, -0.25) is 0 Å². The van der Waals surface area contributed by atoms with Gasteiger partial charge < -0.3 is 4.74 Å². The summed E-state index contributed by atoms with van der Waals surface area (Å²) in [4.78, 5) is 11.4. The average molecular weight is 369 g/mol. The van der Waals surface area contributed by atoms with E-state index in [1.54, 1.807) is 13.0 Å². The zero-order valence-electron chi connectivity index (χ0n) is 9.14. The number of carbonyl (C=O) groups is 1. The van der Waals surface area contributed by atoms with E-state index in [-0.39, 0.29) is 21.3 Å². The van der Waals surface area contributed by atoms with Crippen molar-refractivity contribution in [1.82, 2.24) is 0 Å². The van der Waals surface area contributed by atoms with Crippen molar-refractivity contribution in [2.45, 2.75) is 13.1 Å². The van der Waals surface area contributed by atoms with Gasteiger partial charge in [0.15, 0.2) is 0 Å². The Hall–Kier alpha value is -1.30. The number of hydrogen-bond acceptors (Lipinski definition) is 3. The predicted octanol–water partition coefficient (Wildman–Crippen LogP) is 3.36. The Morgan fingerprint density at radius 3 is 2.56 bits per heavy atom. The smallest absolute Gasteiger partial charge is 0.417 e. The lowest BCUT2D eigenvalue weighted by Gasteiger charge is -2.12. The summed E-state index contributed by atoms with van der Waals surface area (Å²) in [6.07, 6.45) is -4.62. The van der Waals surface area contributed by atoms with Crippen LogP contribution in [-0.2, 0) is 10.9 Å². The van der Waals surface area contributed by atoms with Gasteiger partial charge in [0.25, 0.3) is 0 Å². The fourth-order valence-electron chi connectivity index (χ4n) is 1.24. The molecular weight excluding hydrogens is 362 g/mol. The maximum absolute atomic E-state index is 12.7. The van der Waals surface area contributed by atoms with E-state index in [4.69, 9.17) is 5.26 Å². The van der Waals surface area contributed by atoms with Crippen molar-refractivity contribution in [3.8, 4) is 6.07 Å². The molecule has 0 saturated heterocycles. The molecule has 0 bridgehead atoms. The minimum absolute atomic E-state index is 0.0497. The van der Waals surface area contributed by atoms with Crippen LogP contribution in [0.25, 0.3) is 0 Å². The van der Waals surface area contributed by atoms with Crippen molar-refractivity contribution in [3.05, 3.63) is 32.4 Å². The Labute approximate surface area is 115 Å². The van der Waals surface area contributed by atoms with Gasteiger partial charge in [0.05, 0.1) is 23.3 Å². The van der Waals surface area contributed by atoms with Crippen LogP contribution in [0.15, 0.2) is 12.1 Å². The molecule has 0 aromatic heterocycles. The highest BCUT2D eigenvalue weighted by Crippen LogP contribution is 2.35. The van der Waals surface area contributed by atoms with Crippen LogP contribution in [0.5, 0.6) is 0 Å². The van der Waals surface area contributed by atoms with E-state index >= 15 is 0 Å². The molecule has 96 valence electrons. The second-order valence-electron chi connectivity index (χ2n) is 3.22. The van der Waals surface area contributed by atoms with Crippen LogP contribution in [0.3, 0.4) is 0 Å². The van der Waals surface area contributed by atoms with Crippen molar-refractivity contribution in [2.24, 2.45) is 0 Å². The molecule has 0 unspecified atom stereocenters. The SMILES string of the molecule is CCOC(=O)c1cc(C#N)c(I)c(C(F)(F)F)c1. The summed E-state index contributed by atoms with van der Waals surface area (Å²) in [7, 11) is 0. The third-order valence-electron chi connectivity index (χ3n) is 2.01. The molecule has 0 amide bonds. The molecule has 0 aliphatic heterocycles. The summed E-state index contributed by atoms with van der Waals surface area (Å²) in [6.45, 7) is 1.59. The summed E-state index contributed by atoms with van der Waals surface area (Å²) in [5.74, 6) is -0.879. The summed E-state index contributed by atoms with van der Waals surface area (Å²) in [5, 5.41) is 8.77. The molecule has 1 aromatic carbocycles.